The molecule has 0 radical (unpaired) electrons. The number of hydrogen-bond acceptors (Lipinski definition) is 7. The van der Waals surface area contributed by atoms with E-state index in [0.29, 0.717) is 4.57 Å². The molecular formula is C10H14FN2O8PS. The number of hydrogen-bond donors (Lipinski definition) is 5. The molecule has 23 heavy (non-hydrogen) atoms. The second-order valence-corrected chi connectivity index (χ2v) is 6.15. The third-order valence-corrected chi connectivity index (χ3v) is 3.47. The number of ether oxygens (including phenoxy) is 1. The van der Waals surface area contributed by atoms with Gasteiger partial charge in [-0.1, -0.05) is 0 Å². The predicted molar refractivity (Wildman–Crippen MR) is 74.6 cm³/mol. The molecule has 5 N–H and O–H groups in total. The standard InChI is InChI=1S/C10H14FN2O8PS/c1-4-2-13(9(23)12-7(4)16)8-5(14)6(15)10(11,21-8)3-20-22(17,18)19/h2,5-6,8,14-15H,3H2,1H3,(H,12,16,23)(H2,17,18,19)/t5-,6+,8-,10-/m1/s1/i3D2,8D. The van der Waals surface area contributed by atoms with E-state index in [1.807, 2.05) is 0 Å². The summed E-state index contributed by atoms with van der Waals surface area (Å²) in [5.74, 6) is -4.08. The molecule has 0 bridgehead atoms. The van der Waals surface area contributed by atoms with E-state index in [9.17, 15) is 19.6 Å². The van der Waals surface area contributed by atoms with Crippen LogP contribution in [-0.2, 0) is 13.8 Å². The number of H-pyrrole nitrogens is 1. The maximum Gasteiger partial charge on any atom is 0.469 e. The van der Waals surface area contributed by atoms with Crippen LogP contribution in [0.25, 0.3) is 0 Å². The highest BCUT2D eigenvalue weighted by Crippen LogP contribution is 2.43. The summed E-state index contributed by atoms with van der Waals surface area (Å²) in [6.07, 6.45) is -7.39. The molecule has 10 nitrogen and oxygen atoms in total. The van der Waals surface area contributed by atoms with Crippen LogP contribution in [0.1, 0.15) is 15.9 Å². The predicted octanol–water partition coefficient (Wildman–Crippen LogP) is -0.760. The molecule has 1 aromatic heterocycles. The number of aryl methyl sites for hydroxylation is 1. The molecule has 0 spiro atoms. The van der Waals surface area contributed by atoms with Crippen LogP contribution in [0, 0.1) is 11.7 Å². The molecule has 2 rings (SSSR count). The third-order valence-electron chi connectivity index (χ3n) is 2.85. The number of aromatic amines is 1. The fraction of sp³-hybridized carbons (Fsp3) is 0.600. The molecule has 2 heterocycles. The van der Waals surface area contributed by atoms with Gasteiger partial charge in [-0.2, -0.15) is 0 Å². The minimum Gasteiger partial charge on any atom is -0.385 e. The number of aliphatic hydroxyl groups excluding tert-OH is 2. The van der Waals surface area contributed by atoms with Gasteiger partial charge >= 0.3 is 7.82 Å². The number of aliphatic hydroxyl groups is 2. The number of nitrogens with one attached hydrogen (secondary N) is 1. The highest BCUT2D eigenvalue weighted by molar-refractivity contribution is 7.71. The van der Waals surface area contributed by atoms with Gasteiger partial charge in [0.2, 0.25) is 0 Å². The van der Waals surface area contributed by atoms with Crippen molar-refractivity contribution in [3.8, 4) is 0 Å². The summed E-state index contributed by atoms with van der Waals surface area (Å²) < 4.78 is 57.0. The van der Waals surface area contributed by atoms with E-state index >= 15 is 4.39 Å². The summed E-state index contributed by atoms with van der Waals surface area (Å²) in [5.41, 5.74) is -0.698. The number of phosphoric ester groups is 1. The summed E-state index contributed by atoms with van der Waals surface area (Å²) in [6, 6.07) is 0. The van der Waals surface area contributed by atoms with Crippen LogP contribution in [-0.4, -0.2) is 54.2 Å². The largest absolute Gasteiger partial charge is 0.469 e. The summed E-state index contributed by atoms with van der Waals surface area (Å²) in [7, 11) is -5.59. The molecule has 1 fully saturated rings. The number of rotatable bonds is 4. The van der Waals surface area contributed by atoms with E-state index in [0.717, 1.165) is 6.20 Å². The van der Waals surface area contributed by atoms with Crippen molar-refractivity contribution in [1.82, 2.24) is 9.55 Å². The van der Waals surface area contributed by atoms with Gasteiger partial charge in [0, 0.05) is 11.8 Å². The van der Waals surface area contributed by atoms with E-state index in [4.69, 9.17) is 26.1 Å². The van der Waals surface area contributed by atoms with Crippen LogP contribution in [0.4, 0.5) is 4.39 Å². The van der Waals surface area contributed by atoms with Gasteiger partial charge in [-0.25, -0.2) is 8.96 Å². The lowest BCUT2D eigenvalue weighted by molar-refractivity contribution is -0.204. The van der Waals surface area contributed by atoms with Crippen LogP contribution in [0.15, 0.2) is 11.0 Å². The Morgan fingerprint density at radius 2 is 2.30 bits per heavy atom. The summed E-state index contributed by atoms with van der Waals surface area (Å²) in [6.45, 7) is -2.70. The van der Waals surface area contributed by atoms with E-state index in [2.05, 4.69) is 14.2 Å². The normalized spacial score (nSPS) is 37.2. The molecule has 13 heteroatoms. The molecule has 0 saturated carbocycles. The first-order valence-corrected chi connectivity index (χ1v) is 7.83. The smallest absolute Gasteiger partial charge is 0.385 e. The number of nitrogens with zero attached hydrogens (tertiary/aromatic N) is 1. The van der Waals surface area contributed by atoms with E-state index < -0.39 is 49.0 Å². The average Bonchev–Trinajstić information content (AvgIpc) is 2.63. The van der Waals surface area contributed by atoms with Crippen LogP contribution in [0.2, 0.25) is 0 Å². The second kappa shape index (κ2) is 6.15. The van der Waals surface area contributed by atoms with Crippen molar-refractivity contribution in [3.05, 3.63) is 26.9 Å². The Hall–Kier alpha value is -0.980. The molecule has 130 valence electrons. The molecule has 0 unspecified atom stereocenters. The van der Waals surface area contributed by atoms with Gasteiger partial charge in [-0.3, -0.25) is 18.9 Å². The molecular weight excluding hydrogens is 358 g/mol. The maximum atomic E-state index is 15.0. The summed E-state index contributed by atoms with van der Waals surface area (Å²) in [5, 5.41) is 20.0. The minimum absolute atomic E-state index is 0.0404. The number of aromatic nitrogens is 2. The first-order valence-electron chi connectivity index (χ1n) is 7.40. The topological polar surface area (TPSA) is 154 Å². The van der Waals surface area contributed by atoms with Crippen molar-refractivity contribution < 1.29 is 42.3 Å². The Kier molecular flexibility index (Phi) is 3.84. The van der Waals surface area contributed by atoms with Crippen LogP contribution < -0.4 is 5.56 Å². The molecule has 4 atom stereocenters. The van der Waals surface area contributed by atoms with Gasteiger partial charge in [-0.15, -0.1) is 0 Å². The first-order chi connectivity index (χ1) is 11.5. The molecule has 1 aliphatic rings. The van der Waals surface area contributed by atoms with Gasteiger partial charge < -0.3 is 24.7 Å². The van der Waals surface area contributed by atoms with Crippen molar-refractivity contribution in [2.45, 2.75) is 31.2 Å². The molecule has 0 aliphatic carbocycles. The fourth-order valence-electron chi connectivity index (χ4n) is 1.74. The molecule has 1 aliphatic heterocycles. The third kappa shape index (κ3) is 3.75. The molecule has 0 aromatic carbocycles. The molecule has 1 saturated heterocycles. The summed E-state index contributed by atoms with van der Waals surface area (Å²) in [4.78, 5) is 31.0. The average molecular weight is 375 g/mol. The molecule has 0 amide bonds. The number of phosphoric acid groups is 1. The van der Waals surface area contributed by atoms with Gasteiger partial charge in [0.15, 0.2) is 11.0 Å². The van der Waals surface area contributed by atoms with Crippen molar-refractivity contribution >= 4 is 20.0 Å². The number of alkyl halides is 1. The van der Waals surface area contributed by atoms with Crippen molar-refractivity contribution in [3.63, 3.8) is 0 Å². The minimum atomic E-state index is -5.59. The van der Waals surface area contributed by atoms with E-state index in [1.54, 1.807) is 0 Å². The zero-order valence-corrected chi connectivity index (χ0v) is 13.0. The lowest BCUT2D eigenvalue weighted by Crippen LogP contribution is -2.42. The Bertz CT molecular complexity index is 892. The van der Waals surface area contributed by atoms with Gasteiger partial charge in [-0.05, 0) is 19.1 Å². The fourth-order valence-corrected chi connectivity index (χ4v) is 2.21. The zero-order chi connectivity index (χ0) is 20.3. The SMILES string of the molecule is [2H]C([2H])(OP(=O)(O)O)[C@@]1(F)O[C@@]([2H])(n2cc(C)c(=O)[nH]c2=S)[C@H](O)[C@@H]1O. The summed E-state index contributed by atoms with van der Waals surface area (Å²) >= 11 is 4.80. The lowest BCUT2D eigenvalue weighted by Gasteiger charge is -2.23. The highest BCUT2D eigenvalue weighted by Gasteiger charge is 2.57. The van der Waals surface area contributed by atoms with Crippen LogP contribution >= 0.6 is 20.0 Å². The van der Waals surface area contributed by atoms with Gasteiger partial charge in [0.05, 0.1) is 4.11 Å². The Balaban J connectivity index is 2.59. The lowest BCUT2D eigenvalue weighted by atomic mass is 10.1. The van der Waals surface area contributed by atoms with Gasteiger partial charge in [0.25, 0.3) is 11.4 Å². The van der Waals surface area contributed by atoms with Crippen molar-refractivity contribution in [1.29, 1.82) is 0 Å². The van der Waals surface area contributed by atoms with Crippen molar-refractivity contribution in [2.24, 2.45) is 0 Å². The first kappa shape index (κ1) is 14.4. The van der Waals surface area contributed by atoms with Crippen LogP contribution in [0.5, 0.6) is 0 Å². The zero-order valence-electron chi connectivity index (χ0n) is 14.3. The van der Waals surface area contributed by atoms with Gasteiger partial charge in [0.1, 0.15) is 18.8 Å². The van der Waals surface area contributed by atoms with E-state index in [1.165, 1.54) is 6.92 Å². The highest BCUT2D eigenvalue weighted by atomic mass is 32.1. The van der Waals surface area contributed by atoms with Crippen molar-refractivity contribution in [2.75, 3.05) is 6.56 Å². The van der Waals surface area contributed by atoms with E-state index in [-0.39, 0.29) is 5.56 Å². The van der Waals surface area contributed by atoms with Crippen LogP contribution in [0.3, 0.4) is 0 Å². The molecule has 1 aromatic rings. The Morgan fingerprint density at radius 3 is 2.87 bits per heavy atom. The maximum absolute atomic E-state index is 15.0. The Morgan fingerprint density at radius 1 is 1.70 bits per heavy atom. The monoisotopic (exact) mass is 375 g/mol. The Labute approximate surface area is 137 Å². The number of halogens is 1. The quantitative estimate of drug-likeness (QED) is 0.337. The second-order valence-electron chi connectivity index (χ2n) is 4.60.